The van der Waals surface area contributed by atoms with Gasteiger partial charge in [0.25, 0.3) is 0 Å². The summed E-state index contributed by atoms with van der Waals surface area (Å²) in [5, 5.41) is 9.01. The number of carbonyl (C=O) groups excluding carboxylic acids is 1. The van der Waals surface area contributed by atoms with Crippen LogP contribution < -0.4 is 5.32 Å². The number of halogens is 1. The Balaban J connectivity index is 1.48. The monoisotopic (exact) mass is 357 g/mol. The van der Waals surface area contributed by atoms with E-state index in [0.717, 1.165) is 35.6 Å². The minimum Gasteiger partial charge on any atom is -0.459 e. The van der Waals surface area contributed by atoms with E-state index in [1.807, 2.05) is 13.0 Å². The standard InChI is InChI=1S/C17H16ClN5O2/c1-9-16-13(5-14(25-16)11-3-4-11)10(2)23(22-9)8-15(24)21-17-19-6-12(18)7-20-17/h5-7,11H,2-4,8H2,1H3,(H,19,20,21,24). The van der Waals surface area contributed by atoms with E-state index < -0.39 is 0 Å². The number of hydrogen-bond acceptors (Lipinski definition) is 6. The molecule has 2 aromatic rings. The Morgan fingerprint density at radius 3 is 2.84 bits per heavy atom. The number of nitrogens with one attached hydrogen (secondary N) is 1. The number of anilines is 1. The summed E-state index contributed by atoms with van der Waals surface area (Å²) in [6.07, 6.45) is 5.15. The number of nitrogens with zero attached hydrogens (tertiary/aromatic N) is 4. The van der Waals surface area contributed by atoms with Gasteiger partial charge >= 0.3 is 0 Å². The number of aromatic nitrogens is 2. The van der Waals surface area contributed by atoms with Crippen LogP contribution in [0.2, 0.25) is 5.02 Å². The van der Waals surface area contributed by atoms with Crippen LogP contribution in [0.15, 0.2) is 34.6 Å². The number of fused-ring (bicyclic) bond motifs is 1. The van der Waals surface area contributed by atoms with E-state index >= 15 is 0 Å². The van der Waals surface area contributed by atoms with Gasteiger partial charge in [0.1, 0.15) is 18.0 Å². The van der Waals surface area contributed by atoms with Gasteiger partial charge in [-0.05, 0) is 25.8 Å². The van der Waals surface area contributed by atoms with Crippen LogP contribution in [-0.2, 0) is 4.79 Å². The van der Waals surface area contributed by atoms with E-state index in [1.54, 1.807) is 5.01 Å². The molecule has 0 saturated heterocycles. The van der Waals surface area contributed by atoms with Crippen LogP contribution in [0.3, 0.4) is 0 Å². The summed E-state index contributed by atoms with van der Waals surface area (Å²) in [6.45, 7) is 5.93. The molecular weight excluding hydrogens is 342 g/mol. The number of furan rings is 1. The average Bonchev–Trinajstić information content (AvgIpc) is 3.33. The van der Waals surface area contributed by atoms with E-state index in [0.29, 0.717) is 16.6 Å². The number of carbonyl (C=O) groups is 1. The second-order valence-electron chi connectivity index (χ2n) is 6.13. The van der Waals surface area contributed by atoms with Crippen molar-refractivity contribution in [2.75, 3.05) is 11.9 Å². The van der Waals surface area contributed by atoms with Crippen molar-refractivity contribution in [1.82, 2.24) is 15.0 Å². The highest BCUT2D eigenvalue weighted by atomic mass is 35.5. The normalized spacial score (nSPS) is 16.5. The molecular formula is C17H16ClN5O2. The zero-order chi connectivity index (χ0) is 17.6. The number of hydrazone groups is 1. The first-order valence-corrected chi connectivity index (χ1v) is 8.32. The zero-order valence-electron chi connectivity index (χ0n) is 13.6. The molecule has 0 aromatic carbocycles. The Kier molecular flexibility index (Phi) is 3.80. The van der Waals surface area contributed by atoms with Crippen LogP contribution in [-0.4, -0.2) is 33.1 Å². The summed E-state index contributed by atoms with van der Waals surface area (Å²) in [7, 11) is 0. The Morgan fingerprint density at radius 2 is 2.16 bits per heavy atom. The lowest BCUT2D eigenvalue weighted by Crippen LogP contribution is -2.31. The molecule has 128 valence electrons. The lowest BCUT2D eigenvalue weighted by molar-refractivity contribution is -0.116. The van der Waals surface area contributed by atoms with Crippen molar-refractivity contribution in [2.24, 2.45) is 5.10 Å². The Labute approximate surface area is 149 Å². The van der Waals surface area contributed by atoms with Gasteiger partial charge in [-0.15, -0.1) is 0 Å². The second kappa shape index (κ2) is 6.00. The van der Waals surface area contributed by atoms with Crippen LogP contribution >= 0.6 is 11.6 Å². The van der Waals surface area contributed by atoms with Gasteiger partial charge in [-0.2, -0.15) is 5.10 Å². The molecule has 0 radical (unpaired) electrons. The highest BCUT2D eigenvalue weighted by Gasteiger charge is 2.32. The third-order valence-electron chi connectivity index (χ3n) is 4.12. The molecule has 0 unspecified atom stereocenters. The third-order valence-corrected chi connectivity index (χ3v) is 4.31. The summed E-state index contributed by atoms with van der Waals surface area (Å²) in [5.74, 6) is 2.11. The van der Waals surface area contributed by atoms with Crippen LogP contribution in [0.1, 0.15) is 42.8 Å². The molecule has 25 heavy (non-hydrogen) atoms. The van der Waals surface area contributed by atoms with E-state index in [4.69, 9.17) is 16.0 Å². The van der Waals surface area contributed by atoms with Crippen molar-refractivity contribution in [3.8, 4) is 0 Å². The quantitative estimate of drug-likeness (QED) is 0.908. The van der Waals surface area contributed by atoms with Gasteiger partial charge in [0.05, 0.1) is 23.1 Å². The summed E-state index contributed by atoms with van der Waals surface area (Å²) < 4.78 is 5.92. The van der Waals surface area contributed by atoms with Gasteiger partial charge in [0, 0.05) is 11.5 Å². The van der Waals surface area contributed by atoms with Crippen LogP contribution in [0.25, 0.3) is 5.70 Å². The fourth-order valence-electron chi connectivity index (χ4n) is 2.70. The second-order valence-corrected chi connectivity index (χ2v) is 6.57. The molecule has 7 nitrogen and oxygen atoms in total. The highest BCUT2D eigenvalue weighted by molar-refractivity contribution is 6.30. The van der Waals surface area contributed by atoms with E-state index in [2.05, 4.69) is 27.0 Å². The molecule has 1 aliphatic carbocycles. The Morgan fingerprint density at radius 1 is 1.44 bits per heavy atom. The zero-order valence-corrected chi connectivity index (χ0v) is 14.4. The summed E-state index contributed by atoms with van der Waals surface area (Å²) in [5.41, 5.74) is 2.26. The molecule has 2 aromatic heterocycles. The summed E-state index contributed by atoms with van der Waals surface area (Å²) in [6, 6.07) is 2.01. The smallest absolute Gasteiger partial charge is 0.248 e. The average molecular weight is 358 g/mol. The topological polar surface area (TPSA) is 83.6 Å². The predicted octanol–water partition coefficient (Wildman–Crippen LogP) is 3.25. The fourth-order valence-corrected chi connectivity index (χ4v) is 2.79. The number of amides is 1. The maximum Gasteiger partial charge on any atom is 0.248 e. The third kappa shape index (κ3) is 3.15. The van der Waals surface area contributed by atoms with E-state index in [1.165, 1.54) is 12.4 Å². The first-order valence-electron chi connectivity index (χ1n) is 7.95. The first-order chi connectivity index (χ1) is 12.0. The Hall–Kier alpha value is -2.67. The maximum atomic E-state index is 12.3. The fraction of sp³-hybridized carbons (Fsp3) is 0.294. The van der Waals surface area contributed by atoms with Gasteiger partial charge in [0.2, 0.25) is 11.9 Å². The molecule has 1 fully saturated rings. The van der Waals surface area contributed by atoms with Gasteiger partial charge < -0.3 is 4.42 Å². The molecule has 1 aliphatic heterocycles. The lowest BCUT2D eigenvalue weighted by atomic mass is 10.1. The maximum absolute atomic E-state index is 12.3. The molecule has 0 atom stereocenters. The van der Waals surface area contributed by atoms with Crippen molar-refractivity contribution in [2.45, 2.75) is 25.7 Å². The highest BCUT2D eigenvalue weighted by Crippen LogP contribution is 2.43. The van der Waals surface area contributed by atoms with Crippen molar-refractivity contribution < 1.29 is 9.21 Å². The molecule has 4 rings (SSSR count). The first kappa shape index (κ1) is 15.8. The summed E-state index contributed by atoms with van der Waals surface area (Å²) in [4.78, 5) is 20.1. The molecule has 1 amide bonds. The molecule has 8 heteroatoms. The van der Waals surface area contributed by atoms with Crippen molar-refractivity contribution in [1.29, 1.82) is 0 Å². The minimum absolute atomic E-state index is 0.00550. The number of rotatable bonds is 4. The van der Waals surface area contributed by atoms with Crippen LogP contribution in [0.4, 0.5) is 5.95 Å². The molecule has 0 spiro atoms. The number of hydrogen-bond donors (Lipinski definition) is 1. The van der Waals surface area contributed by atoms with Gasteiger partial charge in [-0.3, -0.25) is 15.1 Å². The van der Waals surface area contributed by atoms with Crippen molar-refractivity contribution in [3.63, 3.8) is 0 Å². The predicted molar refractivity (Wildman–Crippen MR) is 94.3 cm³/mol. The molecule has 1 N–H and O–H groups in total. The van der Waals surface area contributed by atoms with E-state index in [-0.39, 0.29) is 18.4 Å². The Bertz CT molecular complexity index is 883. The lowest BCUT2D eigenvalue weighted by Gasteiger charge is -2.25. The van der Waals surface area contributed by atoms with Crippen LogP contribution in [0.5, 0.6) is 0 Å². The molecule has 1 saturated carbocycles. The molecule has 0 bridgehead atoms. The SMILES string of the molecule is C=C1c2cc(C3CC3)oc2C(C)=NN1CC(=O)Nc1ncc(Cl)cn1. The largest absolute Gasteiger partial charge is 0.459 e. The molecule has 3 heterocycles. The molecule has 2 aliphatic rings. The van der Waals surface area contributed by atoms with Gasteiger partial charge in [0.15, 0.2) is 5.76 Å². The van der Waals surface area contributed by atoms with Crippen LogP contribution in [0, 0.1) is 0 Å². The minimum atomic E-state index is -0.297. The van der Waals surface area contributed by atoms with Crippen molar-refractivity contribution >= 4 is 34.9 Å². The van der Waals surface area contributed by atoms with Crippen molar-refractivity contribution in [3.05, 3.63) is 47.1 Å². The van der Waals surface area contributed by atoms with Gasteiger partial charge in [-0.1, -0.05) is 18.2 Å². The van der Waals surface area contributed by atoms with Gasteiger partial charge in [-0.25, -0.2) is 9.97 Å². The summed E-state index contributed by atoms with van der Waals surface area (Å²) >= 11 is 5.73. The van der Waals surface area contributed by atoms with E-state index in [9.17, 15) is 4.79 Å².